The molecule has 224 valence electrons. The summed E-state index contributed by atoms with van der Waals surface area (Å²) in [6, 6.07) is 4.49. The first-order chi connectivity index (χ1) is 19.3. The first kappa shape index (κ1) is 29.0. The molecule has 0 radical (unpaired) electrons. The Bertz CT molecular complexity index is 630. The number of nitrogens with zero attached hydrogens (tertiary/aromatic N) is 1. The molecular formula is C37H66N2. The van der Waals surface area contributed by atoms with Crippen LogP contribution in [-0.2, 0) is 0 Å². The quantitative estimate of drug-likeness (QED) is 0.331. The number of rotatable bonds is 8. The summed E-state index contributed by atoms with van der Waals surface area (Å²) >= 11 is 0. The lowest BCUT2D eigenvalue weighted by Crippen LogP contribution is -2.52. The Morgan fingerprint density at radius 3 is 1.15 bits per heavy atom. The van der Waals surface area contributed by atoms with Gasteiger partial charge in [0.15, 0.2) is 0 Å². The van der Waals surface area contributed by atoms with Gasteiger partial charge in [-0.05, 0) is 126 Å². The fraction of sp³-hybridized carbons (Fsp3) is 1.00. The van der Waals surface area contributed by atoms with Crippen molar-refractivity contribution < 1.29 is 0 Å². The van der Waals surface area contributed by atoms with Crippen LogP contribution in [-0.4, -0.2) is 35.1 Å². The van der Waals surface area contributed by atoms with Gasteiger partial charge in [0.1, 0.15) is 0 Å². The standard InChI is InChI=1S/C37H66N2/c1-5-13-31(14-6-1)37(32-15-7-2-8-16-32)38-33-25-21-29(22-26-33)30-23-27-36(28-24-30)39(34-17-9-3-10-18-34)35-19-11-4-12-20-35/h29-38H,1-28H2. The van der Waals surface area contributed by atoms with E-state index in [0.717, 1.165) is 53.9 Å². The van der Waals surface area contributed by atoms with Crippen LogP contribution in [0, 0.1) is 23.7 Å². The van der Waals surface area contributed by atoms with Crippen LogP contribution in [0.25, 0.3) is 0 Å². The summed E-state index contributed by atoms with van der Waals surface area (Å²) in [6.45, 7) is 0. The van der Waals surface area contributed by atoms with Crippen LogP contribution in [0.4, 0.5) is 0 Å². The van der Waals surface area contributed by atoms with Crippen LogP contribution < -0.4 is 5.32 Å². The van der Waals surface area contributed by atoms with Crippen molar-refractivity contribution in [1.29, 1.82) is 0 Å². The molecule has 6 saturated carbocycles. The summed E-state index contributed by atoms with van der Waals surface area (Å²) in [6.07, 6.45) is 42.3. The minimum Gasteiger partial charge on any atom is -0.311 e. The molecule has 0 aromatic rings. The Morgan fingerprint density at radius 2 is 0.718 bits per heavy atom. The van der Waals surface area contributed by atoms with Crippen LogP contribution in [0.2, 0.25) is 0 Å². The summed E-state index contributed by atoms with van der Waals surface area (Å²) in [7, 11) is 0. The van der Waals surface area contributed by atoms with Gasteiger partial charge < -0.3 is 5.32 Å². The highest BCUT2D eigenvalue weighted by atomic mass is 15.2. The Labute approximate surface area is 243 Å². The Hall–Kier alpha value is -0.0800. The molecule has 0 spiro atoms. The molecule has 0 heterocycles. The van der Waals surface area contributed by atoms with Crippen LogP contribution in [0.15, 0.2) is 0 Å². The van der Waals surface area contributed by atoms with Crippen molar-refractivity contribution >= 4 is 0 Å². The maximum atomic E-state index is 4.41. The van der Waals surface area contributed by atoms with E-state index < -0.39 is 0 Å². The second-order valence-electron chi connectivity index (χ2n) is 15.7. The predicted octanol–water partition coefficient (Wildman–Crippen LogP) is 10.2. The van der Waals surface area contributed by atoms with Gasteiger partial charge >= 0.3 is 0 Å². The molecule has 0 aliphatic heterocycles. The van der Waals surface area contributed by atoms with E-state index in [2.05, 4.69) is 10.2 Å². The third-order valence-electron chi connectivity index (χ3n) is 13.3. The third kappa shape index (κ3) is 7.66. The molecule has 6 aliphatic carbocycles. The Kier molecular flexibility index (Phi) is 11.1. The topological polar surface area (TPSA) is 15.3 Å². The van der Waals surface area contributed by atoms with Crippen LogP contribution >= 0.6 is 0 Å². The van der Waals surface area contributed by atoms with E-state index in [9.17, 15) is 0 Å². The van der Waals surface area contributed by atoms with Crippen LogP contribution in [0.1, 0.15) is 180 Å². The number of hydrogen-bond acceptors (Lipinski definition) is 2. The maximum Gasteiger partial charge on any atom is 0.0126 e. The molecule has 39 heavy (non-hydrogen) atoms. The summed E-state index contributed by atoms with van der Waals surface area (Å²) in [5.74, 6) is 4.08. The molecule has 0 atom stereocenters. The third-order valence-corrected chi connectivity index (χ3v) is 13.3. The molecule has 0 amide bonds. The molecule has 2 heteroatoms. The summed E-state index contributed by atoms with van der Waals surface area (Å²) in [5, 5.41) is 4.41. The fourth-order valence-electron chi connectivity index (χ4n) is 11.2. The van der Waals surface area contributed by atoms with E-state index >= 15 is 0 Å². The van der Waals surface area contributed by atoms with Gasteiger partial charge in [-0.1, -0.05) is 77.0 Å². The van der Waals surface area contributed by atoms with Gasteiger partial charge in [-0.25, -0.2) is 0 Å². The van der Waals surface area contributed by atoms with Crippen molar-refractivity contribution in [3.05, 3.63) is 0 Å². The van der Waals surface area contributed by atoms with E-state index in [-0.39, 0.29) is 0 Å². The normalized spacial score (nSPS) is 35.5. The molecule has 0 aromatic heterocycles. The molecule has 0 saturated heterocycles. The van der Waals surface area contributed by atoms with E-state index in [1.165, 1.54) is 167 Å². The van der Waals surface area contributed by atoms with E-state index in [1.54, 1.807) is 12.8 Å². The van der Waals surface area contributed by atoms with Crippen molar-refractivity contribution in [1.82, 2.24) is 10.2 Å². The summed E-state index contributed by atoms with van der Waals surface area (Å²) < 4.78 is 0. The van der Waals surface area contributed by atoms with Crippen molar-refractivity contribution in [3.63, 3.8) is 0 Å². The second kappa shape index (κ2) is 14.9. The average Bonchev–Trinajstić information content (AvgIpc) is 3.03. The van der Waals surface area contributed by atoms with Crippen molar-refractivity contribution in [2.24, 2.45) is 23.7 Å². The maximum absolute atomic E-state index is 4.41. The molecule has 6 aliphatic rings. The second-order valence-corrected chi connectivity index (χ2v) is 15.7. The van der Waals surface area contributed by atoms with Crippen molar-refractivity contribution in [2.45, 2.75) is 210 Å². The minimum atomic E-state index is 0.833. The molecule has 0 unspecified atom stereocenters. The molecule has 2 nitrogen and oxygen atoms in total. The molecule has 0 aromatic carbocycles. The van der Waals surface area contributed by atoms with Crippen molar-refractivity contribution in [2.75, 3.05) is 0 Å². The lowest BCUT2D eigenvalue weighted by Gasteiger charge is -2.49. The zero-order valence-electron chi connectivity index (χ0n) is 25.9. The Balaban J connectivity index is 0.990. The van der Waals surface area contributed by atoms with Gasteiger partial charge in [0.05, 0.1) is 0 Å². The lowest BCUT2D eigenvalue weighted by molar-refractivity contribution is 0.00823. The average molecular weight is 539 g/mol. The minimum absolute atomic E-state index is 0.833. The summed E-state index contributed by atoms with van der Waals surface area (Å²) in [4.78, 5) is 3.19. The van der Waals surface area contributed by atoms with Crippen LogP contribution in [0.5, 0.6) is 0 Å². The van der Waals surface area contributed by atoms with E-state index in [4.69, 9.17) is 0 Å². The van der Waals surface area contributed by atoms with Gasteiger partial charge in [0, 0.05) is 30.2 Å². The smallest absolute Gasteiger partial charge is 0.0126 e. The first-order valence-electron chi connectivity index (χ1n) is 18.9. The molecule has 1 N–H and O–H groups in total. The highest BCUT2D eigenvalue weighted by Gasteiger charge is 2.39. The van der Waals surface area contributed by atoms with Gasteiger partial charge in [-0.2, -0.15) is 0 Å². The van der Waals surface area contributed by atoms with E-state index in [0.29, 0.717) is 0 Å². The Morgan fingerprint density at radius 1 is 0.359 bits per heavy atom. The zero-order chi connectivity index (χ0) is 26.3. The molecular weight excluding hydrogens is 472 g/mol. The monoisotopic (exact) mass is 539 g/mol. The predicted molar refractivity (Wildman–Crippen MR) is 167 cm³/mol. The lowest BCUT2D eigenvalue weighted by atomic mass is 9.70. The summed E-state index contributed by atoms with van der Waals surface area (Å²) in [5.41, 5.74) is 0. The first-order valence-corrected chi connectivity index (χ1v) is 18.9. The van der Waals surface area contributed by atoms with Gasteiger partial charge in [-0.15, -0.1) is 0 Å². The number of nitrogens with one attached hydrogen (secondary N) is 1. The fourth-order valence-corrected chi connectivity index (χ4v) is 11.2. The molecule has 6 rings (SSSR count). The molecule has 0 bridgehead atoms. The SMILES string of the molecule is C1CCC(C(NC2CCC(C3CCC(N(C4CCCCC4)C4CCCCC4)CC3)CC2)C2CCCCC2)CC1. The highest BCUT2D eigenvalue weighted by molar-refractivity contribution is 4.94. The van der Waals surface area contributed by atoms with Gasteiger partial charge in [0.25, 0.3) is 0 Å². The van der Waals surface area contributed by atoms with Gasteiger partial charge in [0.2, 0.25) is 0 Å². The van der Waals surface area contributed by atoms with E-state index in [1.807, 2.05) is 0 Å². The zero-order valence-corrected chi connectivity index (χ0v) is 25.9. The number of hydrogen-bond donors (Lipinski definition) is 1. The highest BCUT2D eigenvalue weighted by Crippen LogP contribution is 2.43. The molecule has 6 fully saturated rings. The van der Waals surface area contributed by atoms with Gasteiger partial charge in [-0.3, -0.25) is 4.90 Å². The van der Waals surface area contributed by atoms with Crippen molar-refractivity contribution in [3.8, 4) is 0 Å². The largest absolute Gasteiger partial charge is 0.311 e. The van der Waals surface area contributed by atoms with Crippen LogP contribution in [0.3, 0.4) is 0 Å².